The van der Waals surface area contributed by atoms with Crippen molar-refractivity contribution in [3.63, 3.8) is 0 Å². The van der Waals surface area contributed by atoms with Crippen LogP contribution in [0.2, 0.25) is 15.1 Å². The minimum atomic E-state index is -0.896. The number of hydrogen-bond acceptors (Lipinski definition) is 5. The Kier molecular flexibility index (Phi) is 9.12. The molecule has 0 spiro atoms. The van der Waals surface area contributed by atoms with E-state index in [2.05, 4.69) is 15.7 Å². The van der Waals surface area contributed by atoms with Gasteiger partial charge in [-0.3, -0.25) is 9.59 Å². The van der Waals surface area contributed by atoms with Crippen LogP contribution in [0, 0.1) is 5.82 Å². The molecule has 34 heavy (non-hydrogen) atoms. The first kappa shape index (κ1) is 25.8. The topological polar surface area (TPSA) is 105 Å². The van der Waals surface area contributed by atoms with Crippen molar-refractivity contribution in [1.29, 1.82) is 0 Å². The van der Waals surface area contributed by atoms with Gasteiger partial charge in [0, 0.05) is 25.4 Å². The molecule has 3 rings (SSSR count). The predicted octanol–water partition coefficient (Wildman–Crippen LogP) is 3.65. The molecule has 12 heteroatoms. The highest BCUT2D eigenvalue weighted by molar-refractivity contribution is 6.42. The zero-order valence-corrected chi connectivity index (χ0v) is 19.9. The third kappa shape index (κ3) is 7.33. The van der Waals surface area contributed by atoms with E-state index in [0.717, 1.165) is 6.07 Å². The number of aliphatic hydroxyl groups is 1. The zero-order valence-electron chi connectivity index (χ0n) is 17.6. The van der Waals surface area contributed by atoms with Gasteiger partial charge in [-0.2, -0.15) is 5.10 Å². The number of rotatable bonds is 10. The number of aliphatic hydroxyl groups excluding tert-OH is 1. The average Bonchev–Trinajstić information content (AvgIpc) is 3.30. The Morgan fingerprint density at radius 1 is 1.06 bits per heavy atom. The van der Waals surface area contributed by atoms with E-state index in [1.165, 1.54) is 22.9 Å². The second-order valence-corrected chi connectivity index (χ2v) is 8.33. The van der Waals surface area contributed by atoms with Gasteiger partial charge >= 0.3 is 0 Å². The van der Waals surface area contributed by atoms with Crippen LogP contribution in [0.15, 0.2) is 48.7 Å². The maximum Gasteiger partial charge on any atom is 0.271 e. The molecule has 0 saturated heterocycles. The van der Waals surface area contributed by atoms with E-state index in [1.807, 2.05) is 0 Å². The van der Waals surface area contributed by atoms with Gasteiger partial charge in [-0.05, 0) is 42.8 Å². The van der Waals surface area contributed by atoms with E-state index in [-0.39, 0.29) is 42.6 Å². The molecule has 1 heterocycles. The number of ether oxygens (including phenoxy) is 1. The molecule has 2 amide bonds. The fourth-order valence-corrected chi connectivity index (χ4v) is 3.17. The molecule has 0 unspecified atom stereocenters. The van der Waals surface area contributed by atoms with Crippen molar-refractivity contribution in [2.75, 3.05) is 19.7 Å². The zero-order chi connectivity index (χ0) is 24.7. The fraction of sp³-hybridized carbons (Fsp3) is 0.227. The molecule has 1 atom stereocenters. The first-order valence-electron chi connectivity index (χ1n) is 10.0. The molecule has 1 aromatic heterocycles. The van der Waals surface area contributed by atoms with Crippen LogP contribution in [0.5, 0.6) is 5.75 Å². The Morgan fingerprint density at radius 2 is 1.82 bits per heavy atom. The summed E-state index contributed by atoms with van der Waals surface area (Å²) < 4.78 is 20.0. The lowest BCUT2D eigenvalue weighted by atomic mass is 10.2. The van der Waals surface area contributed by atoms with Crippen LogP contribution in [0.25, 0.3) is 5.69 Å². The van der Waals surface area contributed by atoms with Crippen molar-refractivity contribution >= 4 is 46.6 Å². The molecule has 180 valence electrons. The summed E-state index contributed by atoms with van der Waals surface area (Å²) in [7, 11) is 0. The average molecular weight is 530 g/mol. The van der Waals surface area contributed by atoms with E-state index in [1.54, 1.807) is 24.4 Å². The minimum absolute atomic E-state index is 0.0328. The van der Waals surface area contributed by atoms with Crippen LogP contribution in [0.4, 0.5) is 4.39 Å². The molecule has 0 aliphatic carbocycles. The molecule has 3 N–H and O–H groups in total. The molecule has 0 saturated carbocycles. The number of carbonyl (C=O) groups excluding carboxylic acids is 2. The summed E-state index contributed by atoms with van der Waals surface area (Å²) in [6, 6.07) is 10.3. The highest BCUT2D eigenvalue weighted by Crippen LogP contribution is 2.24. The van der Waals surface area contributed by atoms with Gasteiger partial charge in [-0.15, -0.1) is 0 Å². The number of nitrogens with one attached hydrogen (secondary N) is 2. The van der Waals surface area contributed by atoms with Crippen LogP contribution < -0.4 is 15.4 Å². The van der Waals surface area contributed by atoms with Crippen LogP contribution in [0.1, 0.15) is 16.9 Å². The number of carbonyl (C=O) groups is 2. The summed E-state index contributed by atoms with van der Waals surface area (Å²) in [4.78, 5) is 24.1. The number of nitrogens with zero attached hydrogens (tertiary/aromatic N) is 2. The number of hydrogen-bond donors (Lipinski definition) is 3. The van der Waals surface area contributed by atoms with E-state index < -0.39 is 23.7 Å². The first-order valence-corrected chi connectivity index (χ1v) is 11.2. The van der Waals surface area contributed by atoms with Crippen molar-refractivity contribution in [3.8, 4) is 11.4 Å². The quantitative estimate of drug-likeness (QED) is 0.372. The third-order valence-electron chi connectivity index (χ3n) is 4.55. The van der Waals surface area contributed by atoms with Crippen LogP contribution >= 0.6 is 34.8 Å². The molecule has 0 fully saturated rings. The van der Waals surface area contributed by atoms with Gasteiger partial charge in [-0.25, -0.2) is 9.07 Å². The number of aromatic nitrogens is 2. The summed E-state index contributed by atoms with van der Waals surface area (Å²) in [5, 5.41) is 20.1. The summed E-state index contributed by atoms with van der Waals surface area (Å²) in [6.07, 6.45) is 0.896. The Labute approximate surface area is 209 Å². The van der Waals surface area contributed by atoms with Gasteiger partial charge in [0.25, 0.3) is 11.8 Å². The molecule has 0 aliphatic rings. The minimum Gasteiger partial charge on any atom is -0.484 e. The molecular formula is C22H20Cl3FN4O4. The summed E-state index contributed by atoms with van der Waals surface area (Å²) in [5.74, 6) is -1.39. The summed E-state index contributed by atoms with van der Waals surface area (Å²) in [5.41, 5.74) is 0.789. The first-order chi connectivity index (χ1) is 16.2. The Balaban J connectivity index is 1.36. The Bertz CT molecular complexity index is 1170. The van der Waals surface area contributed by atoms with E-state index in [4.69, 9.17) is 39.5 Å². The van der Waals surface area contributed by atoms with Gasteiger partial charge in [0.05, 0.1) is 26.9 Å². The van der Waals surface area contributed by atoms with Crippen molar-refractivity contribution in [2.45, 2.75) is 12.5 Å². The van der Waals surface area contributed by atoms with Gasteiger partial charge in [0.1, 0.15) is 11.6 Å². The van der Waals surface area contributed by atoms with E-state index in [9.17, 15) is 19.1 Å². The van der Waals surface area contributed by atoms with Crippen molar-refractivity contribution < 1.29 is 23.8 Å². The van der Waals surface area contributed by atoms with Crippen molar-refractivity contribution in [3.05, 3.63) is 75.2 Å². The molecular weight excluding hydrogens is 510 g/mol. The van der Waals surface area contributed by atoms with E-state index >= 15 is 0 Å². The number of benzene rings is 2. The van der Waals surface area contributed by atoms with Crippen molar-refractivity contribution in [1.82, 2.24) is 20.4 Å². The largest absolute Gasteiger partial charge is 0.484 e. The molecule has 8 nitrogen and oxygen atoms in total. The van der Waals surface area contributed by atoms with Crippen LogP contribution in [0.3, 0.4) is 0 Å². The van der Waals surface area contributed by atoms with Gasteiger partial charge in [-0.1, -0.05) is 34.8 Å². The molecule has 0 radical (unpaired) electrons. The smallest absolute Gasteiger partial charge is 0.271 e. The summed E-state index contributed by atoms with van der Waals surface area (Å²) >= 11 is 17.5. The van der Waals surface area contributed by atoms with Crippen LogP contribution in [-0.2, 0) is 4.79 Å². The predicted molar refractivity (Wildman–Crippen MR) is 126 cm³/mol. The van der Waals surface area contributed by atoms with Crippen molar-refractivity contribution in [2.24, 2.45) is 0 Å². The van der Waals surface area contributed by atoms with Gasteiger partial charge in [0.15, 0.2) is 12.3 Å². The molecule has 3 aromatic rings. The highest BCUT2D eigenvalue weighted by atomic mass is 35.5. The molecule has 0 aliphatic heterocycles. The van der Waals surface area contributed by atoms with E-state index in [0.29, 0.717) is 15.7 Å². The lowest BCUT2D eigenvalue weighted by Crippen LogP contribution is -2.36. The normalized spacial score (nSPS) is 11.7. The highest BCUT2D eigenvalue weighted by Gasteiger charge is 2.13. The number of amides is 2. The Hall–Kier alpha value is -2.85. The lowest BCUT2D eigenvalue weighted by Gasteiger charge is -2.12. The second-order valence-electron chi connectivity index (χ2n) is 7.11. The molecule has 2 aromatic carbocycles. The summed E-state index contributed by atoms with van der Waals surface area (Å²) in [6.45, 7) is -0.204. The third-order valence-corrected chi connectivity index (χ3v) is 5.59. The monoisotopic (exact) mass is 528 g/mol. The molecule has 0 bridgehead atoms. The fourth-order valence-electron chi connectivity index (χ4n) is 2.76. The SMILES string of the molecule is O=C(COc1ccc(Cl)c(F)c1)NCC[C@H](O)CNC(=O)c1ccn(-c2ccc(Cl)c(Cl)c2)n1. The standard InChI is InChI=1S/C22H20Cl3FN4O4/c23-16-3-1-13(9-18(16)25)30-8-6-20(29-30)22(33)28-11-14(31)5-7-27-21(32)12-34-15-2-4-17(24)19(26)10-15/h1-4,6,8-10,14,31H,5,7,11-12H2,(H,27,32)(H,28,33)/t14-/m0/s1. The lowest BCUT2D eigenvalue weighted by molar-refractivity contribution is -0.123. The van der Waals surface area contributed by atoms with Gasteiger partial charge in [0.2, 0.25) is 0 Å². The van der Waals surface area contributed by atoms with Crippen LogP contribution in [-0.4, -0.2) is 52.5 Å². The Morgan fingerprint density at radius 3 is 2.56 bits per heavy atom. The number of halogens is 4. The maximum atomic E-state index is 13.4. The second kappa shape index (κ2) is 12.0. The van der Waals surface area contributed by atoms with Gasteiger partial charge < -0.3 is 20.5 Å². The maximum absolute atomic E-state index is 13.4.